The average Bonchev–Trinajstić information content (AvgIpc) is 3.77. The van der Waals surface area contributed by atoms with Crippen LogP contribution in [-0.4, -0.2) is 42.2 Å². The van der Waals surface area contributed by atoms with E-state index >= 15 is 0 Å². The summed E-state index contributed by atoms with van der Waals surface area (Å²) in [5.74, 6) is 0.0251. The summed E-state index contributed by atoms with van der Waals surface area (Å²) in [6, 6.07) is 14.0. The fraction of sp³-hybridized carbons (Fsp3) is 0.438. The highest BCUT2D eigenvalue weighted by atomic mass is 19.1. The van der Waals surface area contributed by atoms with Crippen LogP contribution in [0.15, 0.2) is 48.7 Å². The Bertz CT molecular complexity index is 1370. The molecule has 1 aromatic heterocycles. The summed E-state index contributed by atoms with van der Waals surface area (Å²) >= 11 is 0. The first-order valence-electron chi connectivity index (χ1n) is 13.7. The number of carboxylic acids is 1. The van der Waals surface area contributed by atoms with Crippen LogP contribution in [0.2, 0.25) is 0 Å². The molecule has 1 saturated carbocycles. The molecule has 4 atom stereocenters. The van der Waals surface area contributed by atoms with E-state index in [2.05, 4.69) is 41.1 Å². The molecule has 1 aliphatic heterocycles. The minimum atomic E-state index is -0.755. The van der Waals surface area contributed by atoms with Gasteiger partial charge in [0.1, 0.15) is 17.7 Å². The third-order valence-electron chi connectivity index (χ3n) is 8.48. The van der Waals surface area contributed by atoms with E-state index < -0.39 is 17.7 Å². The molecular weight excluding hydrogens is 495 g/mol. The van der Waals surface area contributed by atoms with Gasteiger partial charge in [-0.3, -0.25) is 4.79 Å². The second kappa shape index (κ2) is 11.0. The number of carbonyl (C=O) groups is 1. The van der Waals surface area contributed by atoms with Crippen molar-refractivity contribution < 1.29 is 23.8 Å². The Morgan fingerprint density at radius 1 is 1.10 bits per heavy atom. The fourth-order valence-electron chi connectivity index (χ4n) is 5.79. The van der Waals surface area contributed by atoms with E-state index in [-0.39, 0.29) is 18.1 Å². The number of benzene rings is 2. The van der Waals surface area contributed by atoms with Gasteiger partial charge in [-0.25, -0.2) is 9.37 Å². The van der Waals surface area contributed by atoms with Gasteiger partial charge in [-0.2, -0.15) is 0 Å². The van der Waals surface area contributed by atoms with Gasteiger partial charge in [-0.1, -0.05) is 31.2 Å². The number of nitrogens with zero attached hydrogens (tertiary/aromatic N) is 2. The number of hydrogen-bond donors (Lipinski definition) is 1. The Morgan fingerprint density at radius 2 is 1.87 bits per heavy atom. The van der Waals surface area contributed by atoms with Crippen LogP contribution < -0.4 is 9.47 Å². The number of fused-ring (bicyclic) bond motifs is 1. The average molecular weight is 533 g/mol. The topological polar surface area (TPSA) is 71.9 Å². The van der Waals surface area contributed by atoms with Crippen molar-refractivity contribution in [3.63, 3.8) is 0 Å². The normalized spacial score (nSPS) is 19.1. The predicted molar refractivity (Wildman–Crippen MR) is 149 cm³/mol. The number of carboxylic acid groups (broad SMARTS) is 1. The summed E-state index contributed by atoms with van der Waals surface area (Å²) in [5, 5.41) is 9.71. The molecule has 0 spiro atoms. The largest absolute Gasteiger partial charge is 0.485 e. The summed E-state index contributed by atoms with van der Waals surface area (Å²) in [6.45, 7) is 3.91. The second-order valence-electron chi connectivity index (χ2n) is 11.2. The van der Waals surface area contributed by atoms with Crippen molar-refractivity contribution in [2.45, 2.75) is 57.6 Å². The third kappa shape index (κ3) is 5.50. The highest BCUT2D eigenvalue weighted by Crippen LogP contribution is 2.48. The molecule has 39 heavy (non-hydrogen) atoms. The quantitative estimate of drug-likeness (QED) is 0.327. The number of aliphatic carboxylic acids is 1. The van der Waals surface area contributed by atoms with Crippen LogP contribution in [0.25, 0.3) is 11.1 Å². The summed E-state index contributed by atoms with van der Waals surface area (Å²) in [5.41, 5.74) is 5.49. The number of pyridine rings is 1. The zero-order valence-electron chi connectivity index (χ0n) is 23.3. The second-order valence-corrected chi connectivity index (χ2v) is 11.2. The maximum absolute atomic E-state index is 14.9. The fourth-order valence-corrected chi connectivity index (χ4v) is 5.79. The zero-order valence-corrected chi connectivity index (χ0v) is 23.3. The lowest BCUT2D eigenvalue weighted by Gasteiger charge is -2.30. The summed E-state index contributed by atoms with van der Waals surface area (Å²) < 4.78 is 26.8. The predicted octanol–water partition coefficient (Wildman–Crippen LogP) is 6.80. The number of aromatic nitrogens is 1. The SMILES string of the molecule is COc1cc(-c2ccc([C@H]3CCc4ccc([C@H](C5CC5)[C@H](C)C(=O)O)cc4O3)cc2C(C)N(C)C)c(F)cn1. The van der Waals surface area contributed by atoms with Gasteiger partial charge in [0.2, 0.25) is 5.88 Å². The smallest absolute Gasteiger partial charge is 0.306 e. The monoisotopic (exact) mass is 532 g/mol. The van der Waals surface area contributed by atoms with Gasteiger partial charge in [0.15, 0.2) is 0 Å². The van der Waals surface area contributed by atoms with E-state index in [0.717, 1.165) is 59.3 Å². The van der Waals surface area contributed by atoms with Crippen molar-refractivity contribution in [2.24, 2.45) is 11.8 Å². The number of aryl methyl sites for hydroxylation is 1. The zero-order chi connectivity index (χ0) is 27.8. The molecule has 1 fully saturated rings. The molecule has 7 heteroatoms. The first kappa shape index (κ1) is 27.1. The first-order valence-corrected chi connectivity index (χ1v) is 13.7. The van der Waals surface area contributed by atoms with Crippen LogP contribution in [0.5, 0.6) is 11.6 Å². The molecule has 2 heterocycles. The lowest BCUT2D eigenvalue weighted by atomic mass is 9.82. The number of rotatable bonds is 9. The Balaban J connectivity index is 1.49. The molecule has 1 aliphatic carbocycles. The molecule has 0 radical (unpaired) electrons. The van der Waals surface area contributed by atoms with E-state index in [4.69, 9.17) is 9.47 Å². The summed E-state index contributed by atoms with van der Waals surface area (Å²) in [7, 11) is 5.54. The molecule has 2 aromatic carbocycles. The Labute approximate surface area is 229 Å². The van der Waals surface area contributed by atoms with Gasteiger partial charge >= 0.3 is 5.97 Å². The van der Waals surface area contributed by atoms with E-state index in [1.165, 1.54) is 13.3 Å². The van der Waals surface area contributed by atoms with Crippen molar-refractivity contribution >= 4 is 5.97 Å². The number of halogens is 1. The van der Waals surface area contributed by atoms with E-state index in [1.807, 2.05) is 33.2 Å². The van der Waals surface area contributed by atoms with E-state index in [1.54, 1.807) is 6.07 Å². The van der Waals surface area contributed by atoms with Crippen LogP contribution in [-0.2, 0) is 11.2 Å². The van der Waals surface area contributed by atoms with Gasteiger partial charge in [-0.15, -0.1) is 0 Å². The number of ether oxygens (including phenoxy) is 2. The van der Waals surface area contributed by atoms with Crippen molar-refractivity contribution in [3.05, 3.63) is 76.7 Å². The van der Waals surface area contributed by atoms with Crippen molar-refractivity contribution in [2.75, 3.05) is 21.2 Å². The minimum absolute atomic E-state index is 0.00384. The van der Waals surface area contributed by atoms with Crippen LogP contribution in [0.1, 0.15) is 73.4 Å². The summed E-state index contributed by atoms with van der Waals surface area (Å²) in [4.78, 5) is 17.9. The number of methoxy groups -OCH3 is 1. The molecule has 3 aromatic rings. The molecule has 2 aliphatic rings. The van der Waals surface area contributed by atoms with E-state index in [0.29, 0.717) is 17.4 Å². The van der Waals surface area contributed by atoms with Crippen molar-refractivity contribution in [1.29, 1.82) is 0 Å². The molecular formula is C32H37FN2O4. The molecule has 1 unspecified atom stereocenters. The van der Waals surface area contributed by atoms with Gasteiger partial charge < -0.3 is 19.5 Å². The standard InChI is InChI=1S/C32H37FN2O4/c1-18(32(36)37)31(21-7-8-21)23-9-6-20-11-13-28(39-29(20)15-23)22-10-12-24(25(14-22)19(2)35(3)4)26-16-30(38-5)34-17-27(26)33/h6,9-10,12,14-19,21,28,31H,7-8,11,13H2,1-5H3,(H,36,37)/t18-,19?,28+,31-/m0/s1. The Morgan fingerprint density at radius 3 is 2.54 bits per heavy atom. The molecule has 1 N–H and O–H groups in total. The third-order valence-corrected chi connectivity index (χ3v) is 8.48. The Kier molecular flexibility index (Phi) is 7.63. The van der Waals surface area contributed by atoms with E-state index in [9.17, 15) is 14.3 Å². The van der Waals surface area contributed by atoms with Gasteiger partial charge in [-0.05, 0) is 98.5 Å². The maximum atomic E-state index is 14.9. The molecule has 206 valence electrons. The van der Waals surface area contributed by atoms with Gasteiger partial charge in [0.05, 0.1) is 19.2 Å². The first-order chi connectivity index (χ1) is 18.7. The Hall–Kier alpha value is -3.45. The van der Waals surface area contributed by atoms with Crippen LogP contribution in [0.4, 0.5) is 4.39 Å². The lowest BCUT2D eigenvalue weighted by molar-refractivity contribution is -0.142. The van der Waals surface area contributed by atoms with Crippen LogP contribution in [0, 0.1) is 17.7 Å². The van der Waals surface area contributed by atoms with Crippen molar-refractivity contribution in [1.82, 2.24) is 9.88 Å². The molecule has 0 bridgehead atoms. The highest BCUT2D eigenvalue weighted by Gasteiger charge is 2.39. The van der Waals surface area contributed by atoms with Crippen LogP contribution >= 0.6 is 0 Å². The molecule has 0 saturated heterocycles. The lowest BCUT2D eigenvalue weighted by Crippen LogP contribution is -2.22. The molecule has 5 rings (SSSR count). The van der Waals surface area contributed by atoms with Crippen LogP contribution in [0.3, 0.4) is 0 Å². The van der Waals surface area contributed by atoms with Crippen molar-refractivity contribution in [3.8, 4) is 22.8 Å². The molecule has 6 nitrogen and oxygen atoms in total. The summed E-state index contributed by atoms with van der Waals surface area (Å²) in [6.07, 6.45) is 4.90. The highest BCUT2D eigenvalue weighted by molar-refractivity contribution is 5.71. The van der Waals surface area contributed by atoms with Gasteiger partial charge in [0.25, 0.3) is 0 Å². The minimum Gasteiger partial charge on any atom is -0.485 e. The van der Waals surface area contributed by atoms with Gasteiger partial charge in [0, 0.05) is 17.7 Å². The maximum Gasteiger partial charge on any atom is 0.306 e. The number of hydrogen-bond acceptors (Lipinski definition) is 5. The molecule has 0 amide bonds.